The van der Waals surface area contributed by atoms with Crippen LogP contribution in [0.2, 0.25) is 0 Å². The molecule has 0 aliphatic heterocycles. The summed E-state index contributed by atoms with van der Waals surface area (Å²) in [5.74, 6) is 0. The van der Waals surface area contributed by atoms with Gasteiger partial charge in [0.2, 0.25) is 0 Å². The number of rotatable bonds is 8. The zero-order chi connectivity index (χ0) is 9.23. The van der Waals surface area contributed by atoms with Crippen molar-refractivity contribution in [1.29, 1.82) is 0 Å². The van der Waals surface area contributed by atoms with Gasteiger partial charge < -0.3 is 10.4 Å². The van der Waals surface area contributed by atoms with Gasteiger partial charge in [-0.2, -0.15) is 0 Å². The molecule has 0 aliphatic rings. The fourth-order valence-corrected chi connectivity index (χ4v) is 1.21. The maximum absolute atomic E-state index is 8.76. The number of hydrogen-bond acceptors (Lipinski definition) is 3. The molecule has 74 valence electrons. The van der Waals surface area contributed by atoms with E-state index in [0.717, 1.165) is 39.1 Å². The van der Waals surface area contributed by atoms with E-state index in [1.165, 1.54) is 0 Å². The highest BCUT2D eigenvalue weighted by atomic mass is 16.3. The van der Waals surface area contributed by atoms with Crippen LogP contribution in [0.15, 0.2) is 0 Å². The van der Waals surface area contributed by atoms with Crippen LogP contribution in [-0.4, -0.2) is 49.3 Å². The fourth-order valence-electron chi connectivity index (χ4n) is 1.21. The van der Waals surface area contributed by atoms with Crippen LogP contribution in [0.3, 0.4) is 0 Å². The molecule has 2 N–H and O–H groups in total. The van der Waals surface area contributed by atoms with Crippen LogP contribution in [0, 0.1) is 0 Å². The highest BCUT2D eigenvalue weighted by Gasteiger charge is 2.00. The predicted octanol–water partition coefficient (Wildman–Crippen LogP) is 0.300. The van der Waals surface area contributed by atoms with Crippen molar-refractivity contribution in [2.45, 2.75) is 20.3 Å². The van der Waals surface area contributed by atoms with Crippen LogP contribution in [0.4, 0.5) is 0 Å². The Morgan fingerprint density at radius 3 is 2.42 bits per heavy atom. The molecule has 0 heterocycles. The van der Waals surface area contributed by atoms with Crippen LogP contribution in [-0.2, 0) is 0 Å². The highest BCUT2D eigenvalue weighted by Crippen LogP contribution is 1.88. The summed E-state index contributed by atoms with van der Waals surface area (Å²) in [5, 5.41) is 12.0. The van der Waals surface area contributed by atoms with Crippen molar-refractivity contribution in [2.24, 2.45) is 0 Å². The second-order valence-corrected chi connectivity index (χ2v) is 2.92. The number of nitrogens with zero attached hydrogens (tertiary/aromatic N) is 1. The largest absolute Gasteiger partial charge is 0.395 e. The summed E-state index contributed by atoms with van der Waals surface area (Å²) in [4.78, 5) is 2.28. The number of nitrogens with one attached hydrogen (secondary N) is 1. The Morgan fingerprint density at radius 2 is 1.92 bits per heavy atom. The van der Waals surface area contributed by atoms with Crippen LogP contribution in [0.5, 0.6) is 0 Å². The van der Waals surface area contributed by atoms with Gasteiger partial charge in [-0.15, -0.1) is 0 Å². The van der Waals surface area contributed by atoms with Crippen LogP contribution in [0.1, 0.15) is 20.3 Å². The lowest BCUT2D eigenvalue weighted by atomic mass is 10.4. The summed E-state index contributed by atoms with van der Waals surface area (Å²) < 4.78 is 0. The van der Waals surface area contributed by atoms with Gasteiger partial charge in [0, 0.05) is 19.6 Å². The molecule has 0 saturated carbocycles. The van der Waals surface area contributed by atoms with E-state index in [1.807, 2.05) is 0 Å². The first kappa shape index (κ1) is 11.9. The van der Waals surface area contributed by atoms with E-state index in [-0.39, 0.29) is 6.61 Å². The van der Waals surface area contributed by atoms with Crippen LogP contribution >= 0.6 is 0 Å². The van der Waals surface area contributed by atoms with Gasteiger partial charge in [0.05, 0.1) is 6.61 Å². The molecule has 0 bridgehead atoms. The summed E-state index contributed by atoms with van der Waals surface area (Å²) in [5.41, 5.74) is 0. The number of aliphatic hydroxyl groups excluding tert-OH is 1. The third kappa shape index (κ3) is 6.58. The molecule has 3 nitrogen and oxygen atoms in total. The van der Waals surface area contributed by atoms with E-state index >= 15 is 0 Å². The minimum atomic E-state index is 0.270. The van der Waals surface area contributed by atoms with E-state index in [9.17, 15) is 0 Å². The average molecular weight is 174 g/mol. The monoisotopic (exact) mass is 174 g/mol. The van der Waals surface area contributed by atoms with Crippen molar-refractivity contribution >= 4 is 0 Å². The standard InChI is InChI=1S/C9H22N2O/c1-3-6-11(8-9-12)7-5-10-4-2/h10,12H,3-9H2,1-2H3. The summed E-state index contributed by atoms with van der Waals surface area (Å²) >= 11 is 0. The van der Waals surface area contributed by atoms with Gasteiger partial charge >= 0.3 is 0 Å². The minimum Gasteiger partial charge on any atom is -0.395 e. The molecule has 0 aromatic heterocycles. The first-order valence-electron chi connectivity index (χ1n) is 4.89. The zero-order valence-electron chi connectivity index (χ0n) is 8.34. The molecule has 0 unspecified atom stereocenters. The molecule has 0 fully saturated rings. The van der Waals surface area contributed by atoms with Gasteiger partial charge in [-0.05, 0) is 19.5 Å². The minimum absolute atomic E-state index is 0.270. The third-order valence-electron chi connectivity index (χ3n) is 1.81. The van der Waals surface area contributed by atoms with Crippen molar-refractivity contribution in [3.8, 4) is 0 Å². The first-order valence-corrected chi connectivity index (χ1v) is 4.89. The van der Waals surface area contributed by atoms with Gasteiger partial charge in [-0.1, -0.05) is 13.8 Å². The Hall–Kier alpha value is -0.120. The number of hydrogen-bond donors (Lipinski definition) is 2. The molecule has 0 aromatic rings. The molecule has 0 atom stereocenters. The smallest absolute Gasteiger partial charge is 0.0558 e. The van der Waals surface area contributed by atoms with Crippen LogP contribution < -0.4 is 5.32 Å². The molecule has 0 aliphatic carbocycles. The van der Waals surface area contributed by atoms with E-state index in [4.69, 9.17) is 5.11 Å². The van der Waals surface area contributed by atoms with Crippen molar-refractivity contribution in [3.05, 3.63) is 0 Å². The molecule has 0 radical (unpaired) electrons. The van der Waals surface area contributed by atoms with Crippen molar-refractivity contribution < 1.29 is 5.11 Å². The summed E-state index contributed by atoms with van der Waals surface area (Å²) in [7, 11) is 0. The summed E-state index contributed by atoms with van der Waals surface area (Å²) in [6.45, 7) is 9.53. The van der Waals surface area contributed by atoms with Gasteiger partial charge in [-0.25, -0.2) is 0 Å². The Labute approximate surface area is 75.8 Å². The predicted molar refractivity (Wildman–Crippen MR) is 52.4 cm³/mol. The lowest BCUT2D eigenvalue weighted by Gasteiger charge is -2.20. The van der Waals surface area contributed by atoms with Gasteiger partial charge in [0.1, 0.15) is 0 Å². The van der Waals surface area contributed by atoms with Crippen molar-refractivity contribution in [1.82, 2.24) is 10.2 Å². The van der Waals surface area contributed by atoms with E-state index in [2.05, 4.69) is 24.1 Å². The summed E-state index contributed by atoms with van der Waals surface area (Å²) in [6.07, 6.45) is 1.16. The lowest BCUT2D eigenvalue weighted by molar-refractivity contribution is 0.196. The fraction of sp³-hybridized carbons (Fsp3) is 1.00. The van der Waals surface area contributed by atoms with E-state index in [1.54, 1.807) is 0 Å². The Morgan fingerprint density at radius 1 is 1.17 bits per heavy atom. The van der Waals surface area contributed by atoms with Gasteiger partial charge in [-0.3, -0.25) is 4.90 Å². The van der Waals surface area contributed by atoms with Crippen molar-refractivity contribution in [3.63, 3.8) is 0 Å². The molecular formula is C9H22N2O. The Bertz CT molecular complexity index is 82.6. The quantitative estimate of drug-likeness (QED) is 0.520. The first-order chi connectivity index (χ1) is 5.85. The second kappa shape index (κ2) is 8.97. The van der Waals surface area contributed by atoms with E-state index in [0.29, 0.717) is 0 Å². The lowest BCUT2D eigenvalue weighted by Crippen LogP contribution is -2.34. The third-order valence-corrected chi connectivity index (χ3v) is 1.81. The molecule has 0 spiro atoms. The molecule has 0 rings (SSSR count). The van der Waals surface area contributed by atoms with Crippen molar-refractivity contribution in [2.75, 3.05) is 39.3 Å². The maximum atomic E-state index is 8.76. The topological polar surface area (TPSA) is 35.5 Å². The normalized spacial score (nSPS) is 11.0. The van der Waals surface area contributed by atoms with E-state index < -0.39 is 0 Å². The van der Waals surface area contributed by atoms with Crippen LogP contribution in [0.25, 0.3) is 0 Å². The molecule has 3 heteroatoms. The zero-order valence-corrected chi connectivity index (χ0v) is 8.34. The Kier molecular flexibility index (Phi) is 8.88. The molecule has 0 aromatic carbocycles. The second-order valence-electron chi connectivity index (χ2n) is 2.92. The average Bonchev–Trinajstić information content (AvgIpc) is 2.06. The summed E-state index contributed by atoms with van der Waals surface area (Å²) in [6, 6.07) is 0. The molecule has 12 heavy (non-hydrogen) atoms. The van der Waals surface area contributed by atoms with Gasteiger partial charge in [0.25, 0.3) is 0 Å². The molecule has 0 saturated heterocycles. The molecule has 0 amide bonds. The molecular weight excluding hydrogens is 152 g/mol. The number of likely N-dealkylation sites (N-methyl/N-ethyl adjacent to an activating group) is 1. The SMILES string of the molecule is CCCN(CCO)CCNCC. The Balaban J connectivity index is 3.34. The highest BCUT2D eigenvalue weighted by molar-refractivity contribution is 4.57. The van der Waals surface area contributed by atoms with Gasteiger partial charge in [0.15, 0.2) is 0 Å². The number of aliphatic hydroxyl groups is 1. The maximum Gasteiger partial charge on any atom is 0.0558 e.